The number of methoxy groups -OCH3 is 1. The Morgan fingerprint density at radius 1 is 1.16 bits per heavy atom. The maximum atomic E-state index is 12.9. The van der Waals surface area contributed by atoms with Gasteiger partial charge in [0.05, 0.1) is 18.9 Å². The fraction of sp³-hybridized carbons (Fsp3) is 0.423. The van der Waals surface area contributed by atoms with Gasteiger partial charge in [-0.1, -0.05) is 12.1 Å². The van der Waals surface area contributed by atoms with E-state index in [0.29, 0.717) is 15.9 Å². The molecule has 37 heavy (non-hydrogen) atoms. The Bertz CT molecular complexity index is 1480. The number of halogens is 3. The highest BCUT2D eigenvalue weighted by molar-refractivity contribution is 7.18. The number of carbonyl (C=O) groups excluding carboxylic acids is 1. The molecular formula is C26H26F3N5O2S. The molecule has 2 fully saturated rings. The van der Waals surface area contributed by atoms with Crippen molar-refractivity contribution >= 4 is 44.2 Å². The molecule has 0 saturated carbocycles. The molecule has 0 bridgehead atoms. The lowest BCUT2D eigenvalue weighted by Crippen LogP contribution is -2.31. The van der Waals surface area contributed by atoms with Crippen molar-refractivity contribution in [2.75, 3.05) is 38.2 Å². The quantitative estimate of drug-likeness (QED) is 0.360. The maximum absolute atomic E-state index is 12.9. The molecule has 3 aromatic heterocycles. The molecule has 1 unspecified atom stereocenters. The molecule has 0 radical (unpaired) electrons. The molecule has 5 heterocycles. The highest BCUT2D eigenvalue weighted by Crippen LogP contribution is 2.43. The first-order valence-corrected chi connectivity index (χ1v) is 13.0. The fourth-order valence-electron chi connectivity index (χ4n) is 5.79. The highest BCUT2D eigenvalue weighted by Gasteiger charge is 2.44. The first-order valence-electron chi connectivity index (χ1n) is 12.2. The number of benzene rings is 1. The van der Waals surface area contributed by atoms with Crippen LogP contribution in [-0.2, 0) is 17.7 Å². The van der Waals surface area contributed by atoms with Crippen molar-refractivity contribution in [1.82, 2.24) is 19.9 Å². The average Bonchev–Trinajstić information content (AvgIpc) is 3.63. The van der Waals surface area contributed by atoms with Gasteiger partial charge in [-0.3, -0.25) is 4.90 Å². The Labute approximate surface area is 215 Å². The molecule has 7 nitrogen and oxygen atoms in total. The van der Waals surface area contributed by atoms with Crippen LogP contribution in [-0.4, -0.2) is 65.3 Å². The lowest BCUT2D eigenvalue weighted by molar-refractivity contribution is -0.126. The van der Waals surface area contributed by atoms with Crippen molar-refractivity contribution in [2.24, 2.45) is 5.41 Å². The lowest BCUT2D eigenvalue weighted by Gasteiger charge is -2.25. The van der Waals surface area contributed by atoms with Crippen molar-refractivity contribution in [2.45, 2.75) is 32.0 Å². The second-order valence-corrected chi connectivity index (χ2v) is 11.3. The smallest absolute Gasteiger partial charge is 0.393 e. The highest BCUT2D eigenvalue weighted by atomic mass is 32.1. The van der Waals surface area contributed by atoms with Crippen molar-refractivity contribution in [1.29, 1.82) is 0 Å². The average molecular weight is 530 g/mol. The summed E-state index contributed by atoms with van der Waals surface area (Å²) in [5.74, 6) is 0.355. The van der Waals surface area contributed by atoms with Gasteiger partial charge < -0.3 is 14.6 Å². The first-order chi connectivity index (χ1) is 17.7. The number of esters is 1. The van der Waals surface area contributed by atoms with Crippen LogP contribution in [0.5, 0.6) is 0 Å². The number of anilines is 1. The van der Waals surface area contributed by atoms with Crippen molar-refractivity contribution in [3.63, 3.8) is 0 Å². The van der Waals surface area contributed by atoms with Crippen LogP contribution in [0.15, 0.2) is 36.7 Å². The van der Waals surface area contributed by atoms with Crippen LogP contribution in [0.4, 0.5) is 19.0 Å². The maximum Gasteiger partial charge on any atom is 0.393 e. The summed E-state index contributed by atoms with van der Waals surface area (Å²) >= 11 is 1.09. The topological polar surface area (TPSA) is 74.3 Å². The number of H-pyrrole nitrogens is 1. The summed E-state index contributed by atoms with van der Waals surface area (Å²) < 4.78 is 43.6. The van der Waals surface area contributed by atoms with E-state index < -0.39 is 12.6 Å². The Kier molecular flexibility index (Phi) is 5.87. The van der Waals surface area contributed by atoms with Gasteiger partial charge in [0.15, 0.2) is 0 Å². The molecular weight excluding hydrogens is 503 g/mol. The van der Waals surface area contributed by atoms with Crippen LogP contribution in [0, 0.1) is 5.41 Å². The molecule has 6 rings (SSSR count). The van der Waals surface area contributed by atoms with Crippen LogP contribution in [0.3, 0.4) is 0 Å². The molecule has 2 saturated heterocycles. The number of hydrogen-bond acceptors (Lipinski definition) is 7. The zero-order valence-corrected chi connectivity index (χ0v) is 21.1. The number of rotatable bonds is 5. The SMILES string of the molecule is COC(=O)c1cc2ccc(CN3CCC4(CCN(c5ncnc6sc(CC(F)(F)F)cc56)C4)C3)cc2[nH]1. The lowest BCUT2D eigenvalue weighted by atomic mass is 9.86. The van der Waals surface area contributed by atoms with E-state index in [1.165, 1.54) is 19.0 Å². The standard InChI is InChI=1S/C26H26F3N5O2S/c1-36-24(35)21-9-17-3-2-16(8-20(17)32-21)12-33-6-4-25(13-33)5-7-34(14-25)22-19-10-18(11-26(27,28)29)37-23(19)31-15-30-22/h2-3,8-10,15,32H,4-7,11-14H2,1H3. The monoisotopic (exact) mass is 529 g/mol. The zero-order valence-electron chi connectivity index (χ0n) is 20.3. The molecule has 1 atom stereocenters. The Morgan fingerprint density at radius 2 is 2.00 bits per heavy atom. The van der Waals surface area contributed by atoms with Crippen LogP contribution >= 0.6 is 11.3 Å². The third-order valence-electron chi connectivity index (χ3n) is 7.49. The Morgan fingerprint density at radius 3 is 2.81 bits per heavy atom. The van der Waals surface area contributed by atoms with E-state index >= 15 is 0 Å². The summed E-state index contributed by atoms with van der Waals surface area (Å²) in [6.07, 6.45) is -1.64. The van der Waals surface area contributed by atoms with Gasteiger partial charge in [-0.25, -0.2) is 14.8 Å². The minimum atomic E-state index is -4.24. The largest absolute Gasteiger partial charge is 0.464 e. The molecule has 1 spiro atoms. The summed E-state index contributed by atoms with van der Waals surface area (Å²) in [4.78, 5) is 29.2. The number of thiophene rings is 1. The normalized spacial score (nSPS) is 20.6. The number of aromatic nitrogens is 3. The Hall–Kier alpha value is -3.18. The van der Waals surface area contributed by atoms with E-state index in [2.05, 4.69) is 36.9 Å². The van der Waals surface area contributed by atoms with Gasteiger partial charge in [-0.15, -0.1) is 11.3 Å². The second-order valence-electron chi connectivity index (χ2n) is 10.1. The van der Waals surface area contributed by atoms with E-state index in [-0.39, 0.29) is 16.3 Å². The van der Waals surface area contributed by atoms with E-state index in [0.717, 1.165) is 73.6 Å². The van der Waals surface area contributed by atoms with Crippen LogP contribution in [0.25, 0.3) is 21.1 Å². The van der Waals surface area contributed by atoms with Crippen molar-refractivity contribution < 1.29 is 22.7 Å². The van der Waals surface area contributed by atoms with Crippen LogP contribution < -0.4 is 4.90 Å². The number of fused-ring (bicyclic) bond motifs is 2. The predicted octanol–water partition coefficient (Wildman–Crippen LogP) is 5.17. The predicted molar refractivity (Wildman–Crippen MR) is 136 cm³/mol. The zero-order chi connectivity index (χ0) is 25.8. The van der Waals surface area contributed by atoms with E-state index in [1.807, 2.05) is 6.07 Å². The molecule has 4 aromatic rings. The fourth-order valence-corrected chi connectivity index (χ4v) is 6.81. The summed E-state index contributed by atoms with van der Waals surface area (Å²) in [6, 6.07) is 9.60. The van der Waals surface area contributed by atoms with Gasteiger partial charge in [-0.05, 0) is 43.1 Å². The van der Waals surface area contributed by atoms with Gasteiger partial charge in [0.25, 0.3) is 0 Å². The first kappa shape index (κ1) is 24.2. The van der Waals surface area contributed by atoms with Gasteiger partial charge >= 0.3 is 12.1 Å². The molecule has 0 aliphatic carbocycles. The molecule has 11 heteroatoms. The number of aromatic amines is 1. The van der Waals surface area contributed by atoms with E-state index in [4.69, 9.17) is 4.74 Å². The molecule has 2 aliphatic heterocycles. The minimum absolute atomic E-state index is 0.136. The van der Waals surface area contributed by atoms with Gasteiger partial charge in [0, 0.05) is 47.4 Å². The number of ether oxygens (including phenoxy) is 1. The molecule has 2 aliphatic rings. The van der Waals surface area contributed by atoms with Crippen LogP contribution in [0.1, 0.15) is 33.8 Å². The van der Waals surface area contributed by atoms with Gasteiger partial charge in [0.2, 0.25) is 0 Å². The number of nitrogens with one attached hydrogen (secondary N) is 1. The molecule has 1 aromatic carbocycles. The van der Waals surface area contributed by atoms with Gasteiger partial charge in [-0.2, -0.15) is 13.2 Å². The number of alkyl halides is 3. The summed E-state index contributed by atoms with van der Waals surface area (Å²) in [5.41, 5.74) is 2.66. The van der Waals surface area contributed by atoms with Gasteiger partial charge in [0.1, 0.15) is 22.7 Å². The van der Waals surface area contributed by atoms with Crippen molar-refractivity contribution in [3.8, 4) is 0 Å². The number of likely N-dealkylation sites (tertiary alicyclic amines) is 1. The number of nitrogens with zero attached hydrogens (tertiary/aromatic N) is 4. The Balaban J connectivity index is 1.15. The summed E-state index contributed by atoms with van der Waals surface area (Å²) in [6.45, 7) is 4.41. The number of carbonyl (C=O) groups is 1. The molecule has 0 amide bonds. The van der Waals surface area contributed by atoms with Crippen LogP contribution in [0.2, 0.25) is 0 Å². The van der Waals surface area contributed by atoms with E-state index in [1.54, 1.807) is 12.1 Å². The number of hydrogen-bond donors (Lipinski definition) is 1. The molecule has 1 N–H and O–H groups in total. The second kappa shape index (κ2) is 8.98. The third kappa shape index (κ3) is 4.77. The summed E-state index contributed by atoms with van der Waals surface area (Å²) in [5, 5.41) is 1.68. The summed E-state index contributed by atoms with van der Waals surface area (Å²) in [7, 11) is 1.37. The minimum Gasteiger partial charge on any atom is -0.464 e. The molecule has 194 valence electrons. The third-order valence-corrected chi connectivity index (χ3v) is 8.53. The van der Waals surface area contributed by atoms with E-state index in [9.17, 15) is 18.0 Å². The van der Waals surface area contributed by atoms with Crippen molar-refractivity contribution in [3.05, 3.63) is 52.8 Å².